The highest BCUT2D eigenvalue weighted by molar-refractivity contribution is 5.83. The number of carbonyl (C=O) groups is 1. The average molecular weight is 539 g/mol. The van der Waals surface area contributed by atoms with E-state index in [1.165, 1.54) is 6.07 Å². The van der Waals surface area contributed by atoms with Gasteiger partial charge in [-0.05, 0) is 29.8 Å². The molecule has 0 unspecified atom stereocenters. The minimum atomic E-state index is -0.517. The summed E-state index contributed by atoms with van der Waals surface area (Å²) in [5, 5.41) is 4.77. The van der Waals surface area contributed by atoms with Crippen molar-refractivity contribution in [2.75, 3.05) is 19.0 Å². The molecule has 0 saturated carbocycles. The van der Waals surface area contributed by atoms with E-state index < -0.39 is 5.82 Å². The second kappa shape index (κ2) is 10.8. The molecule has 0 bridgehead atoms. The zero-order chi connectivity index (χ0) is 28.4. The quantitative estimate of drug-likeness (QED) is 0.245. The van der Waals surface area contributed by atoms with Gasteiger partial charge in [-0.2, -0.15) is 5.10 Å². The van der Waals surface area contributed by atoms with Crippen molar-refractivity contribution in [3.8, 4) is 17.2 Å². The highest BCUT2D eigenvalue weighted by atomic mass is 19.1. The molecule has 0 aliphatic carbocycles. The molecule has 0 aliphatic rings. The first kappa shape index (κ1) is 26.9. The fourth-order valence-corrected chi connectivity index (χ4v) is 4.23. The molecule has 204 valence electrons. The van der Waals surface area contributed by atoms with Crippen LogP contribution in [-0.4, -0.2) is 44.6 Å². The number of halogens is 1. The number of hydrogen-bond acceptors (Lipinski definition) is 7. The molecule has 9 heteroatoms. The summed E-state index contributed by atoms with van der Waals surface area (Å²) < 4.78 is 22.9. The Kier molecular flexibility index (Phi) is 7.30. The molecule has 2 aromatic carbocycles. The molecule has 5 rings (SSSR count). The normalized spacial score (nSPS) is 11.6. The van der Waals surface area contributed by atoms with Gasteiger partial charge in [0.2, 0.25) is 0 Å². The Morgan fingerprint density at radius 2 is 1.77 bits per heavy atom. The fourth-order valence-electron chi connectivity index (χ4n) is 4.23. The number of Topliss-reactive ketones (excluding diaryl/α,β-unsaturated/α-hetero) is 1. The third-order valence-electron chi connectivity index (χ3n) is 6.43. The van der Waals surface area contributed by atoms with Gasteiger partial charge in [0.25, 0.3) is 0 Å². The molecule has 8 nitrogen and oxygen atoms in total. The Morgan fingerprint density at radius 3 is 2.48 bits per heavy atom. The standard InChI is InChI=1S/C31H31FN6O2/c1-31(2,3)27-17-22(38(36-27)21-9-7-6-8-10-21)16-23(39)15-20-11-12-24(18-25(20)32)40-26-13-14-33-30-29(26)34-19-28(35-30)37(4)5/h6-14,17-19H,15-16H2,1-5H3. The van der Waals surface area contributed by atoms with Crippen LogP contribution in [0.4, 0.5) is 10.2 Å². The minimum absolute atomic E-state index is 0.0477. The van der Waals surface area contributed by atoms with Crippen molar-refractivity contribution in [2.45, 2.75) is 39.0 Å². The number of rotatable bonds is 8. The largest absolute Gasteiger partial charge is 0.455 e. The summed E-state index contributed by atoms with van der Waals surface area (Å²) in [4.78, 5) is 28.1. The molecule has 0 aliphatic heterocycles. The van der Waals surface area contributed by atoms with E-state index in [4.69, 9.17) is 9.84 Å². The summed E-state index contributed by atoms with van der Waals surface area (Å²) in [6.07, 6.45) is 3.28. The molecule has 0 amide bonds. The van der Waals surface area contributed by atoms with Crippen LogP contribution in [0.3, 0.4) is 0 Å². The number of fused-ring (bicyclic) bond motifs is 1. The van der Waals surface area contributed by atoms with E-state index in [1.54, 1.807) is 35.3 Å². The maximum atomic E-state index is 15.1. The van der Waals surface area contributed by atoms with E-state index in [-0.39, 0.29) is 29.8 Å². The van der Waals surface area contributed by atoms with E-state index in [2.05, 4.69) is 35.7 Å². The molecule has 5 aromatic rings. The van der Waals surface area contributed by atoms with Crippen molar-refractivity contribution < 1.29 is 13.9 Å². The molecule has 40 heavy (non-hydrogen) atoms. The van der Waals surface area contributed by atoms with Gasteiger partial charge in [-0.3, -0.25) is 4.79 Å². The Labute approximate surface area is 232 Å². The highest BCUT2D eigenvalue weighted by Crippen LogP contribution is 2.29. The number of anilines is 1. The Hall–Kier alpha value is -4.66. The number of aromatic nitrogens is 5. The summed E-state index contributed by atoms with van der Waals surface area (Å²) >= 11 is 0. The van der Waals surface area contributed by atoms with Crippen molar-refractivity contribution >= 4 is 22.8 Å². The van der Waals surface area contributed by atoms with E-state index >= 15 is 4.39 Å². The number of ketones is 1. The molecule has 0 spiro atoms. The maximum absolute atomic E-state index is 15.1. The number of para-hydroxylation sites is 1. The summed E-state index contributed by atoms with van der Waals surface area (Å²) in [6.45, 7) is 6.24. The fraction of sp³-hybridized carbons (Fsp3) is 0.258. The first-order chi connectivity index (χ1) is 19.1. The van der Waals surface area contributed by atoms with Crippen LogP contribution in [0.15, 0.2) is 73.1 Å². The van der Waals surface area contributed by atoms with Crippen molar-refractivity contribution in [1.82, 2.24) is 24.7 Å². The monoisotopic (exact) mass is 538 g/mol. The van der Waals surface area contributed by atoms with Crippen LogP contribution in [0.25, 0.3) is 16.9 Å². The first-order valence-electron chi connectivity index (χ1n) is 13.0. The molecule has 0 atom stereocenters. The van der Waals surface area contributed by atoms with Crippen LogP contribution < -0.4 is 9.64 Å². The van der Waals surface area contributed by atoms with Gasteiger partial charge in [-0.1, -0.05) is 45.0 Å². The van der Waals surface area contributed by atoms with Crippen molar-refractivity contribution in [2.24, 2.45) is 0 Å². The van der Waals surface area contributed by atoms with Crippen LogP contribution in [0.2, 0.25) is 0 Å². The summed E-state index contributed by atoms with van der Waals surface area (Å²) in [6, 6.07) is 17.8. The number of pyridine rings is 1. The lowest BCUT2D eigenvalue weighted by atomic mass is 9.92. The molecule has 0 saturated heterocycles. The minimum Gasteiger partial charge on any atom is -0.455 e. The van der Waals surface area contributed by atoms with Crippen LogP contribution in [0.5, 0.6) is 11.5 Å². The Morgan fingerprint density at radius 1 is 1.00 bits per heavy atom. The summed E-state index contributed by atoms with van der Waals surface area (Å²) in [7, 11) is 3.73. The lowest BCUT2D eigenvalue weighted by Gasteiger charge is -2.14. The van der Waals surface area contributed by atoms with E-state index in [0.717, 1.165) is 17.1 Å². The van der Waals surface area contributed by atoms with Crippen molar-refractivity contribution in [3.05, 3.63) is 95.8 Å². The predicted molar refractivity (Wildman–Crippen MR) is 153 cm³/mol. The van der Waals surface area contributed by atoms with Gasteiger partial charge in [-0.15, -0.1) is 0 Å². The zero-order valence-electron chi connectivity index (χ0n) is 23.2. The van der Waals surface area contributed by atoms with Crippen LogP contribution >= 0.6 is 0 Å². The Bertz CT molecular complexity index is 1680. The van der Waals surface area contributed by atoms with Crippen LogP contribution in [0.1, 0.15) is 37.7 Å². The molecule has 0 N–H and O–H groups in total. The lowest BCUT2D eigenvalue weighted by molar-refractivity contribution is -0.117. The van der Waals surface area contributed by atoms with Gasteiger partial charge >= 0.3 is 0 Å². The molecular formula is C31H31FN6O2. The number of hydrogen-bond donors (Lipinski definition) is 0. The topological polar surface area (TPSA) is 86.0 Å². The summed E-state index contributed by atoms with van der Waals surface area (Å²) in [5.74, 6) is 0.736. The summed E-state index contributed by atoms with van der Waals surface area (Å²) in [5.41, 5.74) is 3.55. The number of benzene rings is 2. The zero-order valence-corrected chi connectivity index (χ0v) is 23.2. The van der Waals surface area contributed by atoms with Crippen molar-refractivity contribution in [3.63, 3.8) is 0 Å². The molecule has 3 aromatic heterocycles. The van der Waals surface area contributed by atoms with Gasteiger partial charge in [-0.25, -0.2) is 24.0 Å². The number of carbonyl (C=O) groups excluding carboxylic acids is 1. The third kappa shape index (κ3) is 5.83. The van der Waals surface area contributed by atoms with E-state index in [1.807, 2.05) is 55.4 Å². The highest BCUT2D eigenvalue weighted by Gasteiger charge is 2.22. The van der Waals surface area contributed by atoms with Gasteiger partial charge in [0.15, 0.2) is 16.9 Å². The molecule has 0 radical (unpaired) electrons. The maximum Gasteiger partial charge on any atom is 0.184 e. The second-order valence-corrected chi connectivity index (χ2v) is 10.9. The van der Waals surface area contributed by atoms with Gasteiger partial charge in [0.05, 0.1) is 23.3 Å². The van der Waals surface area contributed by atoms with E-state index in [9.17, 15) is 4.79 Å². The number of ether oxygens (including phenoxy) is 1. The lowest BCUT2D eigenvalue weighted by Crippen LogP contribution is -2.13. The first-order valence-corrected chi connectivity index (χ1v) is 13.0. The SMILES string of the molecule is CN(C)c1cnc2c(Oc3ccc(CC(=O)Cc4cc(C(C)(C)C)nn4-c4ccccc4)c(F)c3)ccnc2n1. The van der Waals surface area contributed by atoms with Gasteiger partial charge < -0.3 is 9.64 Å². The van der Waals surface area contributed by atoms with Gasteiger partial charge in [0.1, 0.15) is 23.2 Å². The Balaban J connectivity index is 1.33. The molecular weight excluding hydrogens is 507 g/mol. The number of nitrogens with zero attached hydrogens (tertiary/aromatic N) is 6. The van der Waals surface area contributed by atoms with Crippen LogP contribution in [-0.2, 0) is 23.1 Å². The average Bonchev–Trinajstić information content (AvgIpc) is 3.35. The van der Waals surface area contributed by atoms with Crippen molar-refractivity contribution in [1.29, 1.82) is 0 Å². The predicted octanol–water partition coefficient (Wildman–Crippen LogP) is 5.86. The third-order valence-corrected chi connectivity index (χ3v) is 6.43. The smallest absolute Gasteiger partial charge is 0.184 e. The second-order valence-electron chi connectivity index (χ2n) is 10.9. The molecule has 3 heterocycles. The van der Waals surface area contributed by atoms with E-state index in [0.29, 0.717) is 28.3 Å². The van der Waals surface area contributed by atoms with Gasteiger partial charge in [0, 0.05) is 50.7 Å². The molecule has 0 fully saturated rings. The van der Waals surface area contributed by atoms with Crippen LogP contribution in [0, 0.1) is 5.82 Å².